The maximum absolute atomic E-state index is 12.6. The fraction of sp³-hybridized carbons (Fsp3) is 0.304. The Morgan fingerprint density at radius 3 is 2.55 bits per heavy atom. The molecule has 7 nitrogen and oxygen atoms in total. The van der Waals surface area contributed by atoms with Gasteiger partial charge in [-0.3, -0.25) is 4.79 Å². The van der Waals surface area contributed by atoms with Gasteiger partial charge in [-0.2, -0.15) is 0 Å². The third-order valence-electron chi connectivity index (χ3n) is 5.26. The number of carbonyl (C=O) groups excluding carboxylic acids is 2. The fourth-order valence-corrected chi connectivity index (χ4v) is 4.49. The van der Waals surface area contributed by atoms with E-state index in [0.29, 0.717) is 18.1 Å². The zero-order valence-electron chi connectivity index (χ0n) is 17.2. The van der Waals surface area contributed by atoms with E-state index in [-0.39, 0.29) is 17.9 Å². The lowest BCUT2D eigenvalue weighted by molar-refractivity contribution is 0.102. The highest BCUT2D eigenvalue weighted by Crippen LogP contribution is 2.29. The zero-order chi connectivity index (χ0) is 21.5. The number of piperidine rings is 1. The van der Waals surface area contributed by atoms with Crippen LogP contribution in [0.2, 0.25) is 0 Å². The summed E-state index contributed by atoms with van der Waals surface area (Å²) in [5, 5.41) is 15.3. The minimum atomic E-state index is -0.263. The first-order chi connectivity index (χ1) is 15.2. The third kappa shape index (κ3) is 5.67. The third-order valence-corrected chi connectivity index (χ3v) is 6.34. The first-order valence-corrected chi connectivity index (χ1v) is 11.3. The van der Waals surface area contributed by atoms with Crippen molar-refractivity contribution >= 4 is 29.0 Å². The van der Waals surface area contributed by atoms with E-state index in [2.05, 4.69) is 33.0 Å². The number of rotatable bonds is 6. The van der Waals surface area contributed by atoms with Crippen LogP contribution in [-0.2, 0) is 6.42 Å². The first-order valence-electron chi connectivity index (χ1n) is 10.5. The summed E-state index contributed by atoms with van der Waals surface area (Å²) in [5.41, 5.74) is 1.93. The van der Waals surface area contributed by atoms with E-state index in [1.54, 1.807) is 0 Å². The van der Waals surface area contributed by atoms with Gasteiger partial charge in [0.25, 0.3) is 5.91 Å². The number of anilines is 1. The number of benzene rings is 2. The maximum Gasteiger partial charge on any atom is 0.317 e. The van der Waals surface area contributed by atoms with Gasteiger partial charge in [-0.25, -0.2) is 4.79 Å². The highest BCUT2D eigenvalue weighted by Gasteiger charge is 2.28. The Balaban J connectivity index is 1.30. The van der Waals surface area contributed by atoms with Crippen LogP contribution in [0, 0.1) is 0 Å². The summed E-state index contributed by atoms with van der Waals surface area (Å²) in [4.78, 5) is 26.9. The molecule has 0 unspecified atom stereocenters. The van der Waals surface area contributed by atoms with Gasteiger partial charge < -0.3 is 15.5 Å². The van der Waals surface area contributed by atoms with Crippen molar-refractivity contribution in [1.82, 2.24) is 20.4 Å². The molecule has 3 aromatic rings. The molecular formula is C23H25N5O2S. The van der Waals surface area contributed by atoms with Crippen LogP contribution in [0.3, 0.4) is 0 Å². The molecule has 0 bridgehead atoms. The van der Waals surface area contributed by atoms with Gasteiger partial charge >= 0.3 is 6.03 Å². The molecule has 2 N–H and O–H groups in total. The molecule has 1 saturated heterocycles. The Kier molecular flexibility index (Phi) is 6.89. The van der Waals surface area contributed by atoms with Crippen molar-refractivity contribution in [2.75, 3.05) is 25.0 Å². The van der Waals surface area contributed by atoms with Gasteiger partial charge in [-0.15, -0.1) is 10.2 Å². The number of nitrogens with zero attached hydrogens (tertiary/aromatic N) is 3. The predicted molar refractivity (Wildman–Crippen MR) is 121 cm³/mol. The first kappa shape index (κ1) is 21.0. The minimum absolute atomic E-state index is 0.0489. The van der Waals surface area contributed by atoms with Gasteiger partial charge in [-0.05, 0) is 37.0 Å². The second-order valence-electron chi connectivity index (χ2n) is 7.52. The SMILES string of the molecule is O=C(Nc1ccccc1)c1nnc([C@@H]2CCCN(C(=O)NCCc3ccccc3)C2)s1. The summed E-state index contributed by atoms with van der Waals surface area (Å²) in [5.74, 6) is -0.161. The van der Waals surface area contributed by atoms with Crippen molar-refractivity contribution in [3.63, 3.8) is 0 Å². The van der Waals surface area contributed by atoms with Gasteiger partial charge in [0.05, 0.1) is 0 Å². The normalized spacial score (nSPS) is 16.0. The number of nitrogens with one attached hydrogen (secondary N) is 2. The standard InChI is InChI=1S/C23H25N5O2S/c29-20(25-19-11-5-2-6-12-19)22-27-26-21(31-22)18-10-7-15-28(16-18)23(30)24-14-13-17-8-3-1-4-9-17/h1-6,8-9,11-12,18H,7,10,13-16H2,(H,24,30)(H,25,29)/t18-/m1/s1. The number of para-hydroxylation sites is 1. The monoisotopic (exact) mass is 435 g/mol. The molecule has 3 amide bonds. The van der Waals surface area contributed by atoms with Crippen LogP contribution in [0.25, 0.3) is 0 Å². The molecule has 31 heavy (non-hydrogen) atoms. The molecule has 0 aliphatic carbocycles. The molecule has 1 aliphatic rings. The topological polar surface area (TPSA) is 87.2 Å². The van der Waals surface area contributed by atoms with E-state index < -0.39 is 0 Å². The van der Waals surface area contributed by atoms with Crippen LogP contribution in [0.15, 0.2) is 60.7 Å². The van der Waals surface area contributed by atoms with E-state index in [0.717, 1.165) is 36.5 Å². The Bertz CT molecular complexity index is 1010. The van der Waals surface area contributed by atoms with Gasteiger partial charge in [0.15, 0.2) is 0 Å². The summed E-state index contributed by atoms with van der Waals surface area (Å²) < 4.78 is 0. The number of urea groups is 1. The summed E-state index contributed by atoms with van der Waals surface area (Å²) >= 11 is 1.30. The molecule has 1 atom stereocenters. The molecule has 1 aromatic heterocycles. The van der Waals surface area contributed by atoms with Crippen LogP contribution in [-0.4, -0.2) is 46.7 Å². The van der Waals surface area contributed by atoms with E-state index in [1.165, 1.54) is 16.9 Å². The number of amides is 3. The minimum Gasteiger partial charge on any atom is -0.338 e. The summed E-state index contributed by atoms with van der Waals surface area (Å²) in [6.45, 7) is 1.92. The molecule has 1 fully saturated rings. The van der Waals surface area contributed by atoms with Gasteiger partial charge in [0, 0.05) is 31.2 Å². The number of hydrogen-bond acceptors (Lipinski definition) is 5. The van der Waals surface area contributed by atoms with Crippen molar-refractivity contribution in [1.29, 1.82) is 0 Å². The molecule has 2 heterocycles. The van der Waals surface area contributed by atoms with E-state index in [1.807, 2.05) is 53.4 Å². The highest BCUT2D eigenvalue weighted by molar-refractivity contribution is 7.13. The molecule has 8 heteroatoms. The molecule has 0 saturated carbocycles. The van der Waals surface area contributed by atoms with Crippen molar-refractivity contribution in [3.8, 4) is 0 Å². The lowest BCUT2D eigenvalue weighted by Crippen LogP contribution is -2.45. The molecular weight excluding hydrogens is 410 g/mol. The number of likely N-dealkylation sites (tertiary alicyclic amines) is 1. The second kappa shape index (κ2) is 10.2. The Hall–Kier alpha value is -3.26. The average molecular weight is 436 g/mol. The molecule has 1 aliphatic heterocycles. The quantitative estimate of drug-likeness (QED) is 0.614. The van der Waals surface area contributed by atoms with E-state index >= 15 is 0 Å². The number of aromatic nitrogens is 2. The number of hydrogen-bond donors (Lipinski definition) is 2. The van der Waals surface area contributed by atoms with Crippen molar-refractivity contribution in [3.05, 3.63) is 76.2 Å². The van der Waals surface area contributed by atoms with E-state index in [4.69, 9.17) is 0 Å². The lowest BCUT2D eigenvalue weighted by Gasteiger charge is -2.31. The maximum atomic E-state index is 12.6. The van der Waals surface area contributed by atoms with Crippen LogP contribution in [0.4, 0.5) is 10.5 Å². The van der Waals surface area contributed by atoms with Crippen molar-refractivity contribution in [2.45, 2.75) is 25.2 Å². The van der Waals surface area contributed by atoms with Crippen LogP contribution >= 0.6 is 11.3 Å². The fourth-order valence-electron chi connectivity index (χ4n) is 3.63. The van der Waals surface area contributed by atoms with E-state index in [9.17, 15) is 9.59 Å². The molecule has 0 spiro atoms. The number of carbonyl (C=O) groups is 2. The lowest BCUT2D eigenvalue weighted by atomic mass is 9.99. The van der Waals surface area contributed by atoms with Gasteiger partial charge in [-0.1, -0.05) is 59.9 Å². The smallest absolute Gasteiger partial charge is 0.317 e. The van der Waals surface area contributed by atoms with Crippen LogP contribution < -0.4 is 10.6 Å². The largest absolute Gasteiger partial charge is 0.338 e. The second-order valence-corrected chi connectivity index (χ2v) is 8.53. The Labute approximate surface area is 185 Å². The van der Waals surface area contributed by atoms with Crippen molar-refractivity contribution < 1.29 is 9.59 Å². The zero-order valence-corrected chi connectivity index (χ0v) is 18.0. The Morgan fingerprint density at radius 1 is 1.03 bits per heavy atom. The average Bonchev–Trinajstić information content (AvgIpc) is 3.31. The summed E-state index contributed by atoms with van der Waals surface area (Å²) in [6.07, 6.45) is 2.64. The van der Waals surface area contributed by atoms with Crippen molar-refractivity contribution in [2.24, 2.45) is 0 Å². The van der Waals surface area contributed by atoms with Crippen LogP contribution in [0.5, 0.6) is 0 Å². The summed E-state index contributed by atoms with van der Waals surface area (Å²) in [7, 11) is 0. The molecule has 4 rings (SSSR count). The molecule has 2 aromatic carbocycles. The predicted octanol–water partition coefficient (Wildman–Crippen LogP) is 3.92. The van der Waals surface area contributed by atoms with Crippen LogP contribution in [0.1, 0.15) is 39.1 Å². The van der Waals surface area contributed by atoms with Gasteiger partial charge in [0.2, 0.25) is 5.01 Å². The molecule has 0 radical (unpaired) electrons. The Morgan fingerprint density at radius 2 is 1.77 bits per heavy atom. The van der Waals surface area contributed by atoms with Gasteiger partial charge in [0.1, 0.15) is 5.01 Å². The highest BCUT2D eigenvalue weighted by atomic mass is 32.1. The summed E-state index contributed by atoms with van der Waals surface area (Å²) in [6, 6.07) is 19.3. The molecule has 160 valence electrons.